The average molecular weight is 228 g/mol. The van der Waals surface area contributed by atoms with Gasteiger partial charge >= 0.3 is 0 Å². The lowest BCUT2D eigenvalue weighted by molar-refractivity contribution is 0.620. The molecule has 0 unspecified atom stereocenters. The molecule has 2 aromatic heterocycles. The van der Waals surface area contributed by atoms with E-state index in [2.05, 4.69) is 0 Å². The van der Waals surface area contributed by atoms with Crippen LogP contribution >= 0.6 is 11.3 Å². The first-order chi connectivity index (χ1) is 7.84. The van der Waals surface area contributed by atoms with Crippen molar-refractivity contribution in [3.63, 3.8) is 0 Å². The van der Waals surface area contributed by atoms with E-state index < -0.39 is 0 Å². The third-order valence-electron chi connectivity index (χ3n) is 2.39. The Morgan fingerprint density at radius 2 is 1.88 bits per heavy atom. The molecule has 0 fully saturated rings. The Kier molecular flexibility index (Phi) is 2.11. The summed E-state index contributed by atoms with van der Waals surface area (Å²) in [7, 11) is 0. The fourth-order valence-electron chi connectivity index (χ4n) is 1.63. The molecule has 2 heterocycles. The Bertz CT molecular complexity index is 680. The number of benzene rings is 1. The van der Waals surface area contributed by atoms with Crippen molar-refractivity contribution in [2.45, 2.75) is 0 Å². The summed E-state index contributed by atoms with van der Waals surface area (Å²) < 4.78 is 6.36. The highest BCUT2D eigenvalue weighted by Crippen LogP contribution is 2.24. The lowest BCUT2D eigenvalue weighted by Gasteiger charge is -1.99. The summed E-state index contributed by atoms with van der Waals surface area (Å²) in [5.74, 6) is 0.622. The smallest absolute Gasteiger partial charge is 0.203 e. The molecular weight excluding hydrogens is 220 g/mol. The Morgan fingerprint density at radius 1 is 1.06 bits per heavy atom. The van der Waals surface area contributed by atoms with Gasteiger partial charge in [-0.25, -0.2) is 0 Å². The zero-order chi connectivity index (χ0) is 11.0. The van der Waals surface area contributed by atoms with E-state index in [1.165, 1.54) is 11.3 Å². The summed E-state index contributed by atoms with van der Waals surface area (Å²) in [6.45, 7) is 0. The highest BCUT2D eigenvalue weighted by Gasteiger charge is 2.06. The molecular formula is C13H8O2S. The summed E-state index contributed by atoms with van der Waals surface area (Å²) in [4.78, 5) is 11.8. The molecule has 3 heteroatoms. The van der Waals surface area contributed by atoms with Gasteiger partial charge in [0.25, 0.3) is 0 Å². The van der Waals surface area contributed by atoms with Crippen LogP contribution in [0.1, 0.15) is 0 Å². The average Bonchev–Trinajstić information content (AvgIpc) is 2.79. The summed E-state index contributed by atoms with van der Waals surface area (Å²) in [6, 6.07) is 13.0. The molecule has 78 valence electrons. The van der Waals surface area contributed by atoms with Crippen molar-refractivity contribution in [2.24, 2.45) is 0 Å². The van der Waals surface area contributed by atoms with Crippen molar-refractivity contribution < 1.29 is 4.42 Å². The maximum absolute atomic E-state index is 11.8. The van der Waals surface area contributed by atoms with Crippen molar-refractivity contribution in [1.29, 1.82) is 0 Å². The van der Waals surface area contributed by atoms with Gasteiger partial charge < -0.3 is 4.42 Å². The van der Waals surface area contributed by atoms with E-state index in [1.54, 1.807) is 6.07 Å². The lowest BCUT2D eigenvalue weighted by atomic mass is 10.1. The standard InChI is InChI=1S/C13H8O2S/c14-10-8-12(9-4-2-1-3-5-9)15-11-6-7-16-13(10)11/h1-8H. The Labute approximate surface area is 95.8 Å². The van der Waals surface area contributed by atoms with Crippen LogP contribution in [0.15, 0.2) is 57.1 Å². The molecule has 0 spiro atoms. The van der Waals surface area contributed by atoms with Gasteiger partial charge in [0, 0.05) is 11.6 Å². The first kappa shape index (κ1) is 9.36. The summed E-state index contributed by atoms with van der Waals surface area (Å²) in [6.07, 6.45) is 0. The number of fused-ring (bicyclic) bond motifs is 1. The van der Waals surface area contributed by atoms with Crippen LogP contribution in [0.2, 0.25) is 0 Å². The normalized spacial score (nSPS) is 10.8. The third kappa shape index (κ3) is 1.46. The van der Waals surface area contributed by atoms with Crippen LogP contribution in [0.25, 0.3) is 21.6 Å². The molecule has 0 saturated carbocycles. The van der Waals surface area contributed by atoms with Crippen LogP contribution in [-0.4, -0.2) is 0 Å². The first-order valence-electron chi connectivity index (χ1n) is 4.91. The van der Waals surface area contributed by atoms with Crippen molar-refractivity contribution in [3.05, 3.63) is 58.1 Å². The van der Waals surface area contributed by atoms with Gasteiger partial charge in [0.2, 0.25) is 5.43 Å². The molecule has 1 aromatic carbocycles. The molecule has 0 N–H and O–H groups in total. The van der Waals surface area contributed by atoms with Crippen LogP contribution in [0, 0.1) is 0 Å². The largest absolute Gasteiger partial charge is 0.455 e. The molecule has 3 aromatic rings. The molecule has 0 radical (unpaired) electrons. The minimum Gasteiger partial charge on any atom is -0.455 e. The van der Waals surface area contributed by atoms with Crippen LogP contribution in [0.3, 0.4) is 0 Å². The van der Waals surface area contributed by atoms with Gasteiger partial charge in [-0.2, -0.15) is 0 Å². The SMILES string of the molecule is O=c1cc(-c2ccccc2)oc2ccsc12. The highest BCUT2D eigenvalue weighted by molar-refractivity contribution is 7.17. The maximum atomic E-state index is 11.8. The molecule has 2 nitrogen and oxygen atoms in total. The summed E-state index contributed by atoms with van der Waals surface area (Å²) in [5.41, 5.74) is 1.61. The third-order valence-corrected chi connectivity index (χ3v) is 3.30. The monoisotopic (exact) mass is 228 g/mol. The van der Waals surface area contributed by atoms with Crippen LogP contribution in [0.5, 0.6) is 0 Å². The lowest BCUT2D eigenvalue weighted by Crippen LogP contribution is -1.97. The number of rotatable bonds is 1. The van der Waals surface area contributed by atoms with Crippen molar-refractivity contribution in [3.8, 4) is 11.3 Å². The zero-order valence-corrected chi connectivity index (χ0v) is 9.16. The molecule has 0 saturated heterocycles. The van der Waals surface area contributed by atoms with Crippen molar-refractivity contribution in [1.82, 2.24) is 0 Å². The Hall–Kier alpha value is -1.87. The van der Waals surface area contributed by atoms with E-state index in [0.717, 1.165) is 5.56 Å². The van der Waals surface area contributed by atoms with E-state index in [-0.39, 0.29) is 5.43 Å². The molecule has 16 heavy (non-hydrogen) atoms. The molecule has 0 aliphatic carbocycles. The summed E-state index contributed by atoms with van der Waals surface area (Å²) >= 11 is 1.41. The topological polar surface area (TPSA) is 30.2 Å². The second-order valence-electron chi connectivity index (χ2n) is 3.45. The Morgan fingerprint density at radius 3 is 2.69 bits per heavy atom. The predicted molar refractivity (Wildman–Crippen MR) is 65.8 cm³/mol. The van der Waals surface area contributed by atoms with Crippen molar-refractivity contribution in [2.75, 3.05) is 0 Å². The fraction of sp³-hybridized carbons (Fsp3) is 0. The molecule has 0 bridgehead atoms. The second kappa shape index (κ2) is 3.61. The highest BCUT2D eigenvalue weighted by atomic mass is 32.1. The molecule has 3 rings (SSSR count). The van der Waals surface area contributed by atoms with E-state index >= 15 is 0 Å². The second-order valence-corrected chi connectivity index (χ2v) is 4.37. The predicted octanol–water partition coefficient (Wildman–Crippen LogP) is 3.52. The van der Waals surface area contributed by atoms with Crippen molar-refractivity contribution >= 4 is 21.6 Å². The van der Waals surface area contributed by atoms with E-state index in [9.17, 15) is 4.79 Å². The van der Waals surface area contributed by atoms with Gasteiger partial charge in [0.15, 0.2) is 0 Å². The van der Waals surface area contributed by atoms with Crippen LogP contribution in [-0.2, 0) is 0 Å². The van der Waals surface area contributed by atoms with Crippen LogP contribution < -0.4 is 5.43 Å². The minimum atomic E-state index is 0.0232. The maximum Gasteiger partial charge on any atom is 0.203 e. The van der Waals surface area contributed by atoms with Crippen LogP contribution in [0.4, 0.5) is 0 Å². The first-order valence-corrected chi connectivity index (χ1v) is 5.79. The van der Waals surface area contributed by atoms with Gasteiger partial charge in [0.1, 0.15) is 16.0 Å². The molecule has 0 amide bonds. The van der Waals surface area contributed by atoms with Gasteiger partial charge in [-0.15, -0.1) is 11.3 Å². The molecule has 0 aliphatic heterocycles. The Balaban J connectivity index is 2.30. The quantitative estimate of drug-likeness (QED) is 0.638. The van der Waals surface area contributed by atoms with E-state index in [0.29, 0.717) is 16.0 Å². The minimum absolute atomic E-state index is 0.0232. The van der Waals surface area contributed by atoms with E-state index in [4.69, 9.17) is 4.42 Å². The number of hydrogen-bond donors (Lipinski definition) is 0. The van der Waals surface area contributed by atoms with Gasteiger partial charge in [-0.1, -0.05) is 30.3 Å². The van der Waals surface area contributed by atoms with E-state index in [1.807, 2.05) is 41.8 Å². The molecule has 0 atom stereocenters. The zero-order valence-electron chi connectivity index (χ0n) is 8.34. The molecule has 0 aliphatic rings. The van der Waals surface area contributed by atoms with Gasteiger partial charge in [-0.05, 0) is 11.4 Å². The van der Waals surface area contributed by atoms with Gasteiger partial charge in [-0.3, -0.25) is 4.79 Å². The van der Waals surface area contributed by atoms with Gasteiger partial charge in [0.05, 0.1) is 0 Å². The number of hydrogen-bond acceptors (Lipinski definition) is 3. The number of thiophene rings is 1. The summed E-state index contributed by atoms with van der Waals surface area (Å²) in [5, 5.41) is 1.87. The fourth-order valence-corrected chi connectivity index (χ4v) is 2.36.